The standard InChI is InChI=1S/C12H24O3/c1-4-12(2,14-3)11(13)8-7-10-6-5-9-15-10/h10-11,13H,4-9H2,1-3H3. The first kappa shape index (κ1) is 12.9. The molecular formula is C12H24O3. The van der Waals surface area contributed by atoms with Gasteiger partial charge in [0.1, 0.15) is 0 Å². The maximum atomic E-state index is 10.0. The lowest BCUT2D eigenvalue weighted by Gasteiger charge is -2.32. The van der Waals surface area contributed by atoms with Crippen LogP contribution in [0.4, 0.5) is 0 Å². The highest BCUT2D eigenvalue weighted by Gasteiger charge is 2.31. The minimum Gasteiger partial charge on any atom is -0.390 e. The van der Waals surface area contributed by atoms with Crippen molar-refractivity contribution < 1.29 is 14.6 Å². The number of aliphatic hydroxyl groups excluding tert-OH is 1. The monoisotopic (exact) mass is 216 g/mol. The lowest BCUT2D eigenvalue weighted by atomic mass is 9.91. The highest BCUT2D eigenvalue weighted by molar-refractivity contribution is 4.83. The van der Waals surface area contributed by atoms with Crippen LogP contribution >= 0.6 is 0 Å². The number of methoxy groups -OCH3 is 1. The third-order valence-corrected chi connectivity index (χ3v) is 3.66. The van der Waals surface area contributed by atoms with E-state index >= 15 is 0 Å². The van der Waals surface area contributed by atoms with Gasteiger partial charge in [0.2, 0.25) is 0 Å². The van der Waals surface area contributed by atoms with Crippen LogP contribution in [-0.2, 0) is 9.47 Å². The van der Waals surface area contributed by atoms with Gasteiger partial charge >= 0.3 is 0 Å². The SMILES string of the molecule is CCC(C)(OC)C(O)CCC1CCCO1. The summed E-state index contributed by atoms with van der Waals surface area (Å²) >= 11 is 0. The number of ether oxygens (including phenoxy) is 2. The number of hydrogen-bond acceptors (Lipinski definition) is 3. The van der Waals surface area contributed by atoms with Gasteiger partial charge in [0.15, 0.2) is 0 Å². The summed E-state index contributed by atoms with van der Waals surface area (Å²) in [6, 6.07) is 0. The Balaban J connectivity index is 2.30. The van der Waals surface area contributed by atoms with E-state index in [4.69, 9.17) is 9.47 Å². The molecule has 0 bridgehead atoms. The first-order valence-electron chi connectivity index (χ1n) is 5.97. The Bertz CT molecular complexity index is 172. The molecule has 3 heteroatoms. The summed E-state index contributed by atoms with van der Waals surface area (Å²) in [6.45, 7) is 4.89. The van der Waals surface area contributed by atoms with Crippen LogP contribution in [0.1, 0.15) is 46.0 Å². The Kier molecular flexibility index (Phi) is 5.03. The van der Waals surface area contributed by atoms with Crippen LogP contribution in [0.15, 0.2) is 0 Å². The Hall–Kier alpha value is -0.120. The molecule has 1 N–H and O–H groups in total. The minimum absolute atomic E-state index is 0.359. The zero-order chi connectivity index (χ0) is 11.3. The lowest BCUT2D eigenvalue weighted by molar-refractivity contribution is -0.0981. The normalized spacial score (nSPS) is 27.6. The zero-order valence-corrected chi connectivity index (χ0v) is 10.2. The van der Waals surface area contributed by atoms with Gasteiger partial charge in [-0.05, 0) is 39.0 Å². The molecule has 1 saturated heterocycles. The van der Waals surface area contributed by atoms with Gasteiger partial charge < -0.3 is 14.6 Å². The van der Waals surface area contributed by atoms with E-state index in [0.717, 1.165) is 38.7 Å². The van der Waals surface area contributed by atoms with Crippen molar-refractivity contribution in [3.8, 4) is 0 Å². The van der Waals surface area contributed by atoms with Crippen molar-refractivity contribution in [1.82, 2.24) is 0 Å². The molecule has 0 radical (unpaired) electrons. The van der Waals surface area contributed by atoms with Gasteiger partial charge in [-0.2, -0.15) is 0 Å². The smallest absolute Gasteiger partial charge is 0.0905 e. The molecule has 0 saturated carbocycles. The second kappa shape index (κ2) is 5.83. The van der Waals surface area contributed by atoms with Crippen molar-refractivity contribution in [2.45, 2.75) is 63.8 Å². The third-order valence-electron chi connectivity index (χ3n) is 3.66. The van der Waals surface area contributed by atoms with Gasteiger partial charge in [-0.1, -0.05) is 6.92 Å². The van der Waals surface area contributed by atoms with Gasteiger partial charge in [0.05, 0.1) is 17.8 Å². The molecule has 15 heavy (non-hydrogen) atoms. The summed E-state index contributed by atoms with van der Waals surface area (Å²) in [5.41, 5.74) is -0.404. The Morgan fingerprint density at radius 1 is 1.60 bits per heavy atom. The van der Waals surface area contributed by atoms with Crippen LogP contribution in [0.5, 0.6) is 0 Å². The van der Waals surface area contributed by atoms with Gasteiger partial charge in [-0.3, -0.25) is 0 Å². The molecule has 90 valence electrons. The maximum absolute atomic E-state index is 10.0. The van der Waals surface area contributed by atoms with Crippen LogP contribution in [-0.4, -0.2) is 36.6 Å². The van der Waals surface area contributed by atoms with E-state index in [1.54, 1.807) is 7.11 Å². The molecule has 0 amide bonds. The van der Waals surface area contributed by atoms with E-state index in [2.05, 4.69) is 0 Å². The van der Waals surface area contributed by atoms with Gasteiger partial charge in [0.25, 0.3) is 0 Å². The molecular weight excluding hydrogens is 192 g/mol. The predicted octanol–water partition coefficient (Wildman–Crippen LogP) is 2.12. The summed E-state index contributed by atoms with van der Waals surface area (Å²) in [6.07, 6.45) is 4.81. The van der Waals surface area contributed by atoms with Crippen LogP contribution in [0.3, 0.4) is 0 Å². The van der Waals surface area contributed by atoms with E-state index < -0.39 is 11.7 Å². The molecule has 1 aliphatic rings. The quantitative estimate of drug-likeness (QED) is 0.739. The lowest BCUT2D eigenvalue weighted by Crippen LogP contribution is -2.41. The fourth-order valence-electron chi connectivity index (χ4n) is 2.04. The fourth-order valence-corrected chi connectivity index (χ4v) is 2.04. The van der Waals surface area contributed by atoms with Crippen molar-refractivity contribution in [3.63, 3.8) is 0 Å². The van der Waals surface area contributed by atoms with Crippen molar-refractivity contribution in [3.05, 3.63) is 0 Å². The number of hydrogen-bond donors (Lipinski definition) is 1. The molecule has 1 heterocycles. The Morgan fingerprint density at radius 3 is 2.80 bits per heavy atom. The van der Waals surface area contributed by atoms with E-state index in [-0.39, 0.29) is 0 Å². The Labute approximate surface area is 92.8 Å². The van der Waals surface area contributed by atoms with Gasteiger partial charge in [-0.15, -0.1) is 0 Å². The summed E-state index contributed by atoms with van der Waals surface area (Å²) < 4.78 is 10.9. The predicted molar refractivity (Wildman–Crippen MR) is 59.9 cm³/mol. The first-order valence-corrected chi connectivity index (χ1v) is 5.97. The average molecular weight is 216 g/mol. The van der Waals surface area contributed by atoms with Crippen molar-refractivity contribution in [2.75, 3.05) is 13.7 Å². The molecule has 3 nitrogen and oxygen atoms in total. The molecule has 3 atom stereocenters. The molecule has 0 aromatic rings. The molecule has 0 aromatic heterocycles. The molecule has 0 aliphatic carbocycles. The van der Waals surface area contributed by atoms with E-state index in [1.807, 2.05) is 13.8 Å². The van der Waals surface area contributed by atoms with Crippen LogP contribution in [0.2, 0.25) is 0 Å². The summed E-state index contributed by atoms with van der Waals surface area (Å²) in [4.78, 5) is 0. The highest BCUT2D eigenvalue weighted by Crippen LogP contribution is 2.25. The summed E-state index contributed by atoms with van der Waals surface area (Å²) in [7, 11) is 1.67. The molecule has 0 aromatic carbocycles. The van der Waals surface area contributed by atoms with E-state index in [1.165, 1.54) is 0 Å². The van der Waals surface area contributed by atoms with Crippen LogP contribution in [0, 0.1) is 0 Å². The molecule has 1 fully saturated rings. The fraction of sp³-hybridized carbons (Fsp3) is 1.00. The first-order chi connectivity index (χ1) is 7.12. The third kappa shape index (κ3) is 3.44. The molecule has 1 rings (SSSR count). The van der Waals surface area contributed by atoms with Crippen molar-refractivity contribution >= 4 is 0 Å². The van der Waals surface area contributed by atoms with Gasteiger partial charge in [0, 0.05) is 13.7 Å². The maximum Gasteiger partial charge on any atom is 0.0905 e. The highest BCUT2D eigenvalue weighted by atomic mass is 16.5. The zero-order valence-electron chi connectivity index (χ0n) is 10.2. The Morgan fingerprint density at radius 2 is 2.33 bits per heavy atom. The van der Waals surface area contributed by atoms with E-state index in [9.17, 15) is 5.11 Å². The molecule has 0 spiro atoms. The summed E-state index contributed by atoms with van der Waals surface area (Å²) in [5.74, 6) is 0. The van der Waals surface area contributed by atoms with Gasteiger partial charge in [-0.25, -0.2) is 0 Å². The van der Waals surface area contributed by atoms with Crippen LogP contribution in [0.25, 0.3) is 0 Å². The van der Waals surface area contributed by atoms with Crippen LogP contribution < -0.4 is 0 Å². The van der Waals surface area contributed by atoms with Crippen molar-refractivity contribution in [2.24, 2.45) is 0 Å². The average Bonchev–Trinajstić information content (AvgIpc) is 2.77. The minimum atomic E-state index is -0.404. The molecule has 3 unspecified atom stereocenters. The number of aliphatic hydroxyl groups is 1. The second-order valence-corrected chi connectivity index (χ2v) is 4.60. The largest absolute Gasteiger partial charge is 0.390 e. The second-order valence-electron chi connectivity index (χ2n) is 4.60. The summed E-state index contributed by atoms with van der Waals surface area (Å²) in [5, 5.41) is 10.0. The van der Waals surface area contributed by atoms with E-state index in [0.29, 0.717) is 6.10 Å². The molecule has 1 aliphatic heterocycles. The topological polar surface area (TPSA) is 38.7 Å². The van der Waals surface area contributed by atoms with Crippen molar-refractivity contribution in [1.29, 1.82) is 0 Å². The number of rotatable bonds is 6.